The van der Waals surface area contributed by atoms with Gasteiger partial charge in [-0.25, -0.2) is 9.69 Å². The SMILES string of the molecule is COc1cccc(N2C(=O)N[C@@H]3CCN(C(=O)COc4ccccc4)[C@H]3C2=O)c1. The fourth-order valence-corrected chi connectivity index (χ4v) is 3.72. The van der Waals surface area contributed by atoms with Gasteiger partial charge >= 0.3 is 6.03 Å². The number of ether oxygens (including phenoxy) is 2. The van der Waals surface area contributed by atoms with Gasteiger partial charge in [0.2, 0.25) is 0 Å². The van der Waals surface area contributed by atoms with Crippen LogP contribution in [0, 0.1) is 0 Å². The van der Waals surface area contributed by atoms with Gasteiger partial charge < -0.3 is 19.7 Å². The summed E-state index contributed by atoms with van der Waals surface area (Å²) < 4.78 is 10.7. The van der Waals surface area contributed by atoms with Gasteiger partial charge in [-0.15, -0.1) is 0 Å². The zero-order chi connectivity index (χ0) is 20.4. The highest BCUT2D eigenvalue weighted by Crippen LogP contribution is 2.29. The van der Waals surface area contributed by atoms with E-state index in [0.717, 1.165) is 4.90 Å². The molecule has 2 aromatic rings. The molecule has 0 spiro atoms. The van der Waals surface area contributed by atoms with Crippen LogP contribution in [0.4, 0.5) is 10.5 Å². The third-order valence-electron chi connectivity index (χ3n) is 5.12. The first kappa shape index (κ1) is 18.8. The lowest BCUT2D eigenvalue weighted by Crippen LogP contribution is -2.65. The molecule has 0 aliphatic carbocycles. The molecule has 0 bridgehead atoms. The van der Waals surface area contributed by atoms with E-state index in [1.54, 1.807) is 36.4 Å². The van der Waals surface area contributed by atoms with E-state index in [-0.39, 0.29) is 12.5 Å². The lowest BCUT2D eigenvalue weighted by Gasteiger charge is -2.36. The zero-order valence-corrected chi connectivity index (χ0v) is 15.9. The van der Waals surface area contributed by atoms with Gasteiger partial charge in [-0.05, 0) is 30.7 Å². The number of anilines is 1. The quantitative estimate of drug-likeness (QED) is 0.834. The Bertz CT molecular complexity index is 933. The minimum absolute atomic E-state index is 0.173. The molecule has 0 saturated carbocycles. The summed E-state index contributed by atoms with van der Waals surface area (Å²) in [7, 11) is 1.51. The Labute approximate surface area is 168 Å². The number of benzene rings is 2. The number of hydrogen-bond donors (Lipinski definition) is 1. The number of hydrogen-bond acceptors (Lipinski definition) is 5. The third-order valence-corrected chi connectivity index (χ3v) is 5.12. The number of amides is 4. The molecule has 29 heavy (non-hydrogen) atoms. The van der Waals surface area contributed by atoms with Crippen LogP contribution >= 0.6 is 0 Å². The van der Waals surface area contributed by atoms with Crippen LogP contribution in [0.1, 0.15) is 6.42 Å². The zero-order valence-electron chi connectivity index (χ0n) is 15.9. The third kappa shape index (κ3) is 3.61. The Hall–Kier alpha value is -3.55. The maximum atomic E-state index is 13.2. The summed E-state index contributed by atoms with van der Waals surface area (Å²) in [5, 5.41) is 2.84. The van der Waals surface area contributed by atoms with Crippen molar-refractivity contribution in [3.8, 4) is 11.5 Å². The van der Waals surface area contributed by atoms with E-state index in [9.17, 15) is 14.4 Å². The summed E-state index contributed by atoms with van der Waals surface area (Å²) in [5.41, 5.74) is 0.394. The van der Waals surface area contributed by atoms with Crippen LogP contribution in [0.15, 0.2) is 54.6 Å². The van der Waals surface area contributed by atoms with Crippen LogP contribution in [0.2, 0.25) is 0 Å². The molecule has 8 heteroatoms. The Morgan fingerprint density at radius 1 is 1.10 bits per heavy atom. The number of nitrogens with one attached hydrogen (secondary N) is 1. The first-order chi connectivity index (χ1) is 14.1. The smallest absolute Gasteiger partial charge is 0.329 e. The molecule has 2 aliphatic rings. The van der Waals surface area contributed by atoms with Gasteiger partial charge in [0.05, 0.1) is 18.8 Å². The molecule has 2 heterocycles. The molecule has 2 aromatic carbocycles. The predicted octanol–water partition coefficient (Wildman–Crippen LogP) is 1.80. The van der Waals surface area contributed by atoms with E-state index in [1.807, 2.05) is 18.2 Å². The molecule has 2 aliphatic heterocycles. The number of urea groups is 1. The topological polar surface area (TPSA) is 88.2 Å². The summed E-state index contributed by atoms with van der Waals surface area (Å²) in [5.74, 6) is 0.382. The lowest BCUT2D eigenvalue weighted by molar-refractivity contribution is -0.139. The fourth-order valence-electron chi connectivity index (χ4n) is 3.72. The first-order valence-corrected chi connectivity index (χ1v) is 9.34. The van der Waals surface area contributed by atoms with Gasteiger partial charge in [0.25, 0.3) is 11.8 Å². The van der Waals surface area contributed by atoms with Crippen LogP contribution in [0.5, 0.6) is 11.5 Å². The molecule has 0 radical (unpaired) electrons. The van der Waals surface area contributed by atoms with Crippen molar-refractivity contribution in [1.29, 1.82) is 0 Å². The molecule has 4 amide bonds. The van der Waals surface area contributed by atoms with Gasteiger partial charge in [0.1, 0.15) is 17.5 Å². The minimum Gasteiger partial charge on any atom is -0.497 e. The molecule has 0 aromatic heterocycles. The second-order valence-corrected chi connectivity index (χ2v) is 6.85. The number of carbonyl (C=O) groups excluding carboxylic acids is 3. The number of para-hydroxylation sites is 1. The standard InChI is InChI=1S/C21H21N3O5/c1-28-16-9-5-6-14(12-16)24-20(26)19-17(22-21(24)27)10-11-23(19)18(25)13-29-15-7-3-2-4-8-15/h2-9,12,17,19H,10-11,13H2,1H3,(H,22,27)/t17-,19-/m1/s1. The molecular weight excluding hydrogens is 374 g/mol. The van der Waals surface area contributed by atoms with Crippen LogP contribution < -0.4 is 19.7 Å². The van der Waals surface area contributed by atoms with E-state index < -0.39 is 24.0 Å². The number of nitrogens with zero attached hydrogens (tertiary/aromatic N) is 2. The molecule has 1 N–H and O–H groups in total. The number of fused-ring (bicyclic) bond motifs is 1. The monoisotopic (exact) mass is 395 g/mol. The summed E-state index contributed by atoms with van der Waals surface area (Å²) in [6, 6.07) is 14.0. The van der Waals surface area contributed by atoms with Crippen molar-refractivity contribution in [2.45, 2.75) is 18.5 Å². The molecule has 2 fully saturated rings. The molecule has 150 valence electrons. The summed E-state index contributed by atoms with van der Waals surface area (Å²) >= 11 is 0. The number of imide groups is 1. The van der Waals surface area contributed by atoms with E-state index >= 15 is 0 Å². The number of likely N-dealkylation sites (tertiary alicyclic amines) is 1. The Morgan fingerprint density at radius 2 is 1.86 bits per heavy atom. The van der Waals surface area contributed by atoms with Crippen LogP contribution in [-0.4, -0.2) is 55.1 Å². The van der Waals surface area contributed by atoms with Crippen LogP contribution in [0.25, 0.3) is 0 Å². The number of rotatable bonds is 5. The Morgan fingerprint density at radius 3 is 2.62 bits per heavy atom. The Kier molecular flexibility index (Phi) is 5.07. The highest BCUT2D eigenvalue weighted by Gasteiger charge is 2.49. The van der Waals surface area contributed by atoms with E-state index in [1.165, 1.54) is 12.0 Å². The molecule has 2 saturated heterocycles. The molecule has 2 atom stereocenters. The second-order valence-electron chi connectivity index (χ2n) is 6.85. The number of methoxy groups -OCH3 is 1. The van der Waals surface area contributed by atoms with Crippen molar-refractivity contribution in [3.63, 3.8) is 0 Å². The van der Waals surface area contributed by atoms with Crippen molar-refractivity contribution in [2.75, 3.05) is 25.2 Å². The maximum Gasteiger partial charge on any atom is 0.329 e. The normalized spacial score (nSPS) is 20.9. The lowest BCUT2D eigenvalue weighted by atomic mass is 10.0. The summed E-state index contributed by atoms with van der Waals surface area (Å²) in [6.45, 7) is 0.206. The predicted molar refractivity (Wildman–Crippen MR) is 105 cm³/mol. The van der Waals surface area contributed by atoms with Gasteiger partial charge in [-0.2, -0.15) is 0 Å². The van der Waals surface area contributed by atoms with Crippen LogP contribution in [0.3, 0.4) is 0 Å². The van der Waals surface area contributed by atoms with Crippen molar-refractivity contribution in [1.82, 2.24) is 10.2 Å². The number of carbonyl (C=O) groups is 3. The Balaban J connectivity index is 1.52. The highest BCUT2D eigenvalue weighted by molar-refractivity contribution is 6.19. The largest absolute Gasteiger partial charge is 0.497 e. The van der Waals surface area contributed by atoms with Gasteiger partial charge in [0, 0.05) is 12.6 Å². The van der Waals surface area contributed by atoms with Gasteiger partial charge in [0.15, 0.2) is 6.61 Å². The summed E-state index contributed by atoms with van der Waals surface area (Å²) in [4.78, 5) is 41.0. The van der Waals surface area contributed by atoms with Crippen molar-refractivity contribution >= 4 is 23.5 Å². The second kappa shape index (κ2) is 7.83. The van der Waals surface area contributed by atoms with Gasteiger partial charge in [-0.1, -0.05) is 24.3 Å². The average molecular weight is 395 g/mol. The van der Waals surface area contributed by atoms with Crippen molar-refractivity contribution in [3.05, 3.63) is 54.6 Å². The van der Waals surface area contributed by atoms with E-state index in [4.69, 9.17) is 9.47 Å². The highest BCUT2D eigenvalue weighted by atomic mass is 16.5. The fraction of sp³-hybridized carbons (Fsp3) is 0.286. The minimum atomic E-state index is -0.759. The molecule has 8 nitrogen and oxygen atoms in total. The molecule has 4 rings (SSSR count). The maximum absolute atomic E-state index is 13.2. The van der Waals surface area contributed by atoms with Crippen LogP contribution in [-0.2, 0) is 9.59 Å². The van der Waals surface area contributed by atoms with Gasteiger partial charge in [-0.3, -0.25) is 9.59 Å². The van der Waals surface area contributed by atoms with Crippen molar-refractivity contribution in [2.24, 2.45) is 0 Å². The summed E-state index contributed by atoms with van der Waals surface area (Å²) in [6.07, 6.45) is 0.519. The van der Waals surface area contributed by atoms with E-state index in [2.05, 4.69) is 5.32 Å². The van der Waals surface area contributed by atoms with E-state index in [0.29, 0.717) is 30.2 Å². The molecular formula is C21H21N3O5. The van der Waals surface area contributed by atoms with Crippen molar-refractivity contribution < 1.29 is 23.9 Å². The average Bonchev–Trinajstić information content (AvgIpc) is 3.17. The first-order valence-electron chi connectivity index (χ1n) is 9.34. The molecule has 0 unspecified atom stereocenters.